The van der Waals surface area contributed by atoms with Gasteiger partial charge in [-0.3, -0.25) is 13.9 Å². The predicted octanol–water partition coefficient (Wildman–Crippen LogP) is -1.78. The first-order chi connectivity index (χ1) is 5.54. The molecule has 0 bridgehead atoms. The third-order valence-corrected chi connectivity index (χ3v) is 3.05. The quantitative estimate of drug-likeness (QED) is 0.483. The summed E-state index contributed by atoms with van der Waals surface area (Å²) in [4.78, 5) is 10.1. The fraction of sp³-hybridized carbons (Fsp3) is 0.667. The van der Waals surface area contributed by atoms with Gasteiger partial charge < -0.3 is 5.11 Å². The molecule has 0 spiro atoms. The number of rotatable bonds is 4. The minimum Gasteiger partial charge on any atom is -0.480 e. The van der Waals surface area contributed by atoms with Crippen LogP contribution in [0.1, 0.15) is 0 Å². The molecule has 78 valence electrons. The second kappa shape index (κ2) is 3.57. The third-order valence-electron chi connectivity index (χ3n) is 0.997. The molecule has 8 nitrogen and oxygen atoms in total. The zero-order valence-corrected chi connectivity index (χ0v) is 7.62. The van der Waals surface area contributed by atoms with Gasteiger partial charge in [-0.15, -0.1) is 0 Å². The topological polar surface area (TPSA) is 146 Å². The Balaban J connectivity index is 5.00. The van der Waals surface area contributed by atoms with Gasteiger partial charge in [-0.2, -0.15) is 16.8 Å². The van der Waals surface area contributed by atoms with Crippen LogP contribution in [0, 0.1) is 0 Å². The summed E-state index contributed by atoms with van der Waals surface area (Å²) in [6, 6.07) is 0. The molecule has 0 fully saturated rings. The number of hydrogen-bond donors (Lipinski definition) is 3. The van der Waals surface area contributed by atoms with Crippen molar-refractivity contribution in [3.05, 3.63) is 0 Å². The summed E-state index contributed by atoms with van der Waals surface area (Å²) in [6.45, 7) is 0. The van der Waals surface area contributed by atoms with Crippen LogP contribution in [0.5, 0.6) is 0 Å². The number of carbonyl (C=O) groups is 1. The summed E-state index contributed by atoms with van der Waals surface area (Å²) in [6.07, 6.45) is 0. The van der Waals surface area contributed by atoms with E-state index in [9.17, 15) is 21.6 Å². The van der Waals surface area contributed by atoms with Gasteiger partial charge in [0.05, 0.1) is 0 Å². The fourth-order valence-electron chi connectivity index (χ4n) is 0.476. The standard InChI is InChI=1S/C3H6O8S2/c4-3(5)2(13(9,10)11)1-12(6,7)8/h2H,1H2,(H,4,5)(H,6,7,8)(H,9,10,11)/t2-/m1/s1. The maximum Gasteiger partial charge on any atom is 0.325 e. The lowest BCUT2D eigenvalue weighted by Gasteiger charge is -2.05. The molecule has 0 rings (SSSR count). The Bertz CT molecular complexity index is 387. The Morgan fingerprint density at radius 3 is 1.62 bits per heavy atom. The van der Waals surface area contributed by atoms with Gasteiger partial charge in [-0.05, 0) is 0 Å². The van der Waals surface area contributed by atoms with Crippen molar-refractivity contribution in [2.45, 2.75) is 5.25 Å². The van der Waals surface area contributed by atoms with Crippen molar-refractivity contribution >= 4 is 26.2 Å². The van der Waals surface area contributed by atoms with Crippen LogP contribution in [-0.4, -0.2) is 48.0 Å². The van der Waals surface area contributed by atoms with Gasteiger partial charge in [0.2, 0.25) is 0 Å². The lowest BCUT2D eigenvalue weighted by molar-refractivity contribution is -0.136. The minimum atomic E-state index is -5.04. The van der Waals surface area contributed by atoms with E-state index in [4.69, 9.17) is 14.2 Å². The first-order valence-electron chi connectivity index (χ1n) is 2.68. The molecular weight excluding hydrogens is 228 g/mol. The first-order valence-corrected chi connectivity index (χ1v) is 5.79. The van der Waals surface area contributed by atoms with Gasteiger partial charge in [0.25, 0.3) is 20.2 Å². The zero-order valence-electron chi connectivity index (χ0n) is 5.98. The molecule has 0 aromatic rings. The minimum absolute atomic E-state index is 1.58. The summed E-state index contributed by atoms with van der Waals surface area (Å²) >= 11 is 0. The average molecular weight is 234 g/mol. The summed E-state index contributed by atoms with van der Waals surface area (Å²) in [7, 11) is -9.81. The molecule has 0 aliphatic rings. The lowest BCUT2D eigenvalue weighted by atomic mass is 10.5. The van der Waals surface area contributed by atoms with E-state index in [1.165, 1.54) is 0 Å². The van der Waals surface area contributed by atoms with Gasteiger partial charge in [0, 0.05) is 0 Å². The van der Waals surface area contributed by atoms with Gasteiger partial charge in [0.15, 0.2) is 5.25 Å². The van der Waals surface area contributed by atoms with Crippen molar-refractivity contribution in [3.8, 4) is 0 Å². The molecule has 0 aromatic heterocycles. The Hall–Kier alpha value is -0.710. The molecule has 0 aromatic carbocycles. The maximum absolute atomic E-state index is 10.2. The molecular formula is C3H6O8S2. The summed E-state index contributed by atoms with van der Waals surface area (Å²) in [5.41, 5.74) is 0. The summed E-state index contributed by atoms with van der Waals surface area (Å²) in [5, 5.41) is 5.59. The van der Waals surface area contributed by atoms with Crippen molar-refractivity contribution in [3.63, 3.8) is 0 Å². The van der Waals surface area contributed by atoms with Crippen molar-refractivity contribution in [2.24, 2.45) is 0 Å². The highest BCUT2D eigenvalue weighted by Gasteiger charge is 2.35. The molecule has 0 unspecified atom stereocenters. The average Bonchev–Trinajstić information content (AvgIpc) is 1.77. The SMILES string of the molecule is O=C(O)[C@@H](CS(=O)(=O)O)S(=O)(=O)O. The van der Waals surface area contributed by atoms with Gasteiger partial charge in [-0.25, -0.2) is 0 Å². The molecule has 10 heteroatoms. The van der Waals surface area contributed by atoms with Crippen LogP contribution >= 0.6 is 0 Å². The van der Waals surface area contributed by atoms with Crippen LogP contribution in [-0.2, 0) is 25.0 Å². The Morgan fingerprint density at radius 2 is 1.54 bits per heavy atom. The molecule has 0 radical (unpaired) electrons. The highest BCUT2D eigenvalue weighted by Crippen LogP contribution is 2.02. The van der Waals surface area contributed by atoms with E-state index >= 15 is 0 Å². The third kappa shape index (κ3) is 4.77. The zero-order chi connectivity index (χ0) is 10.9. The highest BCUT2D eigenvalue weighted by molar-refractivity contribution is 7.90. The monoisotopic (exact) mass is 234 g/mol. The van der Waals surface area contributed by atoms with E-state index < -0.39 is 37.2 Å². The number of aliphatic carboxylic acids is 1. The number of carboxylic acid groups (broad SMARTS) is 1. The fourth-order valence-corrected chi connectivity index (χ4v) is 2.46. The van der Waals surface area contributed by atoms with Crippen LogP contribution in [0.2, 0.25) is 0 Å². The molecule has 3 N–H and O–H groups in total. The first kappa shape index (κ1) is 12.3. The van der Waals surface area contributed by atoms with Crippen molar-refractivity contribution in [1.82, 2.24) is 0 Å². The van der Waals surface area contributed by atoms with Crippen molar-refractivity contribution in [1.29, 1.82) is 0 Å². The van der Waals surface area contributed by atoms with Crippen LogP contribution in [0.4, 0.5) is 0 Å². The highest BCUT2D eigenvalue weighted by atomic mass is 32.2. The Labute approximate surface area is 73.7 Å². The van der Waals surface area contributed by atoms with E-state index in [2.05, 4.69) is 0 Å². The maximum atomic E-state index is 10.2. The summed E-state index contributed by atoms with van der Waals surface area (Å²) < 4.78 is 57.1. The van der Waals surface area contributed by atoms with Gasteiger partial charge in [0.1, 0.15) is 5.75 Å². The summed E-state index contributed by atoms with van der Waals surface area (Å²) in [5.74, 6) is -3.64. The molecule has 0 aliphatic carbocycles. The lowest BCUT2D eigenvalue weighted by Crippen LogP contribution is -2.36. The Kier molecular flexibility index (Phi) is 3.38. The molecule has 0 heterocycles. The second-order valence-corrected chi connectivity index (χ2v) is 5.19. The largest absolute Gasteiger partial charge is 0.480 e. The van der Waals surface area contributed by atoms with Crippen LogP contribution in [0.3, 0.4) is 0 Å². The van der Waals surface area contributed by atoms with Gasteiger partial charge >= 0.3 is 5.97 Å². The molecule has 0 amide bonds. The smallest absolute Gasteiger partial charge is 0.325 e. The van der Waals surface area contributed by atoms with E-state index in [0.717, 1.165) is 0 Å². The van der Waals surface area contributed by atoms with E-state index in [-0.39, 0.29) is 0 Å². The van der Waals surface area contributed by atoms with E-state index in [1.807, 2.05) is 0 Å². The van der Waals surface area contributed by atoms with Crippen LogP contribution in [0.25, 0.3) is 0 Å². The molecule has 13 heavy (non-hydrogen) atoms. The number of hydrogen-bond acceptors (Lipinski definition) is 5. The molecule has 1 atom stereocenters. The Morgan fingerprint density at radius 1 is 1.15 bits per heavy atom. The van der Waals surface area contributed by atoms with Crippen molar-refractivity contribution in [2.75, 3.05) is 5.75 Å². The normalized spacial score (nSPS) is 15.2. The second-order valence-electron chi connectivity index (χ2n) is 2.09. The number of carboxylic acids is 1. The van der Waals surface area contributed by atoms with Crippen LogP contribution in [0.15, 0.2) is 0 Å². The molecule has 0 saturated carbocycles. The van der Waals surface area contributed by atoms with Crippen molar-refractivity contribution < 1.29 is 35.8 Å². The molecule has 0 aliphatic heterocycles. The van der Waals surface area contributed by atoms with Crippen LogP contribution < -0.4 is 0 Å². The predicted molar refractivity (Wildman–Crippen MR) is 39.4 cm³/mol. The van der Waals surface area contributed by atoms with Gasteiger partial charge in [-0.1, -0.05) is 0 Å². The molecule has 0 saturated heterocycles. The van der Waals surface area contributed by atoms with E-state index in [0.29, 0.717) is 0 Å². The van der Waals surface area contributed by atoms with E-state index in [1.54, 1.807) is 0 Å².